The molecule has 6 nitrogen and oxygen atoms in total. The van der Waals surface area contributed by atoms with Crippen LogP contribution in [0.25, 0.3) is 0 Å². The van der Waals surface area contributed by atoms with Gasteiger partial charge >= 0.3 is 0 Å². The molecule has 2 aromatic heterocycles. The number of aromatic nitrogens is 4. The zero-order chi connectivity index (χ0) is 15.8. The maximum Gasteiger partial charge on any atom is 0.267 e. The van der Waals surface area contributed by atoms with Gasteiger partial charge in [-0.3, -0.25) is 4.79 Å². The van der Waals surface area contributed by atoms with Crippen LogP contribution in [0.1, 0.15) is 30.5 Å². The van der Waals surface area contributed by atoms with E-state index in [2.05, 4.69) is 15.1 Å². The van der Waals surface area contributed by atoms with E-state index < -0.39 is 5.82 Å². The molecule has 1 aliphatic carbocycles. The Labute approximate surface area is 133 Å². The second-order valence-electron chi connectivity index (χ2n) is 6.18. The van der Waals surface area contributed by atoms with E-state index >= 15 is 0 Å². The molecule has 1 aliphatic heterocycles. The van der Waals surface area contributed by atoms with Gasteiger partial charge in [0.1, 0.15) is 0 Å². The number of rotatable bonds is 3. The third-order valence-corrected chi connectivity index (χ3v) is 4.65. The minimum atomic E-state index is -0.444. The van der Waals surface area contributed by atoms with Crippen molar-refractivity contribution in [2.75, 3.05) is 11.4 Å². The van der Waals surface area contributed by atoms with Gasteiger partial charge in [-0.2, -0.15) is 5.10 Å². The van der Waals surface area contributed by atoms with Crippen molar-refractivity contribution in [1.29, 1.82) is 0 Å². The van der Waals surface area contributed by atoms with Crippen molar-refractivity contribution < 1.29 is 4.39 Å². The summed E-state index contributed by atoms with van der Waals surface area (Å²) in [6.07, 6.45) is 7.29. The molecular weight excluding hydrogens is 297 g/mol. The molecule has 2 aliphatic rings. The van der Waals surface area contributed by atoms with Crippen LogP contribution < -0.4 is 10.5 Å². The van der Waals surface area contributed by atoms with Crippen LogP contribution in [0, 0.1) is 5.82 Å². The summed E-state index contributed by atoms with van der Waals surface area (Å²) in [5.41, 5.74) is 2.10. The number of fused-ring (bicyclic) bond motifs is 1. The molecule has 23 heavy (non-hydrogen) atoms. The number of nitrogens with zero attached hydrogens (tertiary/aromatic N) is 5. The van der Waals surface area contributed by atoms with Crippen LogP contribution in [-0.4, -0.2) is 32.3 Å². The van der Waals surface area contributed by atoms with E-state index in [1.807, 2.05) is 4.90 Å². The second kappa shape index (κ2) is 5.72. The van der Waals surface area contributed by atoms with Crippen LogP contribution >= 0.6 is 0 Å². The fourth-order valence-corrected chi connectivity index (χ4v) is 3.51. The predicted octanol–water partition coefficient (Wildman–Crippen LogP) is 1.33. The predicted molar refractivity (Wildman–Crippen MR) is 82.9 cm³/mol. The third-order valence-electron chi connectivity index (χ3n) is 4.65. The molecule has 0 bridgehead atoms. The van der Waals surface area contributed by atoms with Crippen molar-refractivity contribution in [1.82, 2.24) is 19.7 Å². The molecule has 1 fully saturated rings. The van der Waals surface area contributed by atoms with Crippen LogP contribution in [0.4, 0.5) is 10.3 Å². The molecule has 0 saturated carbocycles. The number of hydrogen-bond acceptors (Lipinski definition) is 5. The fraction of sp³-hybridized carbons (Fsp3) is 0.500. The van der Waals surface area contributed by atoms with E-state index in [1.165, 1.54) is 12.4 Å². The summed E-state index contributed by atoms with van der Waals surface area (Å²) in [5.74, 6) is 0.0733. The monoisotopic (exact) mass is 315 g/mol. The molecule has 7 heteroatoms. The van der Waals surface area contributed by atoms with Crippen LogP contribution in [0.15, 0.2) is 23.3 Å². The smallest absolute Gasteiger partial charge is 0.267 e. The zero-order valence-electron chi connectivity index (χ0n) is 12.8. The highest BCUT2D eigenvalue weighted by Crippen LogP contribution is 2.23. The normalized spacial score (nSPS) is 20.0. The molecule has 0 amide bonds. The van der Waals surface area contributed by atoms with Gasteiger partial charge in [0, 0.05) is 12.6 Å². The molecule has 0 N–H and O–H groups in total. The lowest BCUT2D eigenvalue weighted by atomic mass is 10.2. The van der Waals surface area contributed by atoms with E-state index in [0.717, 1.165) is 49.9 Å². The largest absolute Gasteiger partial charge is 0.336 e. The van der Waals surface area contributed by atoms with Gasteiger partial charge in [0.25, 0.3) is 5.56 Å². The van der Waals surface area contributed by atoms with Crippen molar-refractivity contribution in [3.05, 3.63) is 45.9 Å². The van der Waals surface area contributed by atoms with Crippen LogP contribution in [-0.2, 0) is 19.4 Å². The van der Waals surface area contributed by atoms with E-state index in [0.29, 0.717) is 12.5 Å². The number of hydrogen-bond donors (Lipinski definition) is 0. The summed E-state index contributed by atoms with van der Waals surface area (Å²) in [5, 5.41) is 4.54. The minimum Gasteiger partial charge on any atom is -0.336 e. The van der Waals surface area contributed by atoms with Gasteiger partial charge < -0.3 is 4.90 Å². The van der Waals surface area contributed by atoms with Gasteiger partial charge in [0.2, 0.25) is 5.95 Å². The van der Waals surface area contributed by atoms with E-state index in [4.69, 9.17) is 0 Å². The van der Waals surface area contributed by atoms with Gasteiger partial charge in [-0.25, -0.2) is 19.0 Å². The topological polar surface area (TPSA) is 63.9 Å². The Morgan fingerprint density at radius 2 is 2.04 bits per heavy atom. The summed E-state index contributed by atoms with van der Waals surface area (Å²) in [4.78, 5) is 22.4. The first-order valence-electron chi connectivity index (χ1n) is 8.05. The Hall–Kier alpha value is -2.31. The van der Waals surface area contributed by atoms with Crippen LogP contribution in [0.2, 0.25) is 0 Å². The quantitative estimate of drug-likeness (QED) is 0.855. The molecule has 1 unspecified atom stereocenters. The molecule has 2 aromatic rings. The van der Waals surface area contributed by atoms with E-state index in [-0.39, 0.29) is 11.6 Å². The molecule has 3 heterocycles. The van der Waals surface area contributed by atoms with Gasteiger partial charge in [-0.05, 0) is 37.7 Å². The lowest BCUT2D eigenvalue weighted by Crippen LogP contribution is -2.38. The number of anilines is 1. The van der Waals surface area contributed by atoms with Crippen molar-refractivity contribution in [2.45, 2.75) is 44.7 Å². The number of halogens is 1. The van der Waals surface area contributed by atoms with Gasteiger partial charge in [0.05, 0.1) is 30.7 Å². The molecule has 1 saturated heterocycles. The van der Waals surface area contributed by atoms with Gasteiger partial charge in [-0.1, -0.05) is 0 Å². The fourth-order valence-electron chi connectivity index (χ4n) is 3.51. The van der Waals surface area contributed by atoms with Crippen molar-refractivity contribution in [3.63, 3.8) is 0 Å². The van der Waals surface area contributed by atoms with Crippen LogP contribution in [0.5, 0.6) is 0 Å². The second-order valence-corrected chi connectivity index (χ2v) is 6.18. The molecule has 0 spiro atoms. The number of aryl methyl sites for hydroxylation is 2. The highest BCUT2D eigenvalue weighted by molar-refractivity contribution is 5.32. The molecule has 4 rings (SSSR count). The highest BCUT2D eigenvalue weighted by atomic mass is 19.1. The third kappa shape index (κ3) is 2.71. The standard InChI is InChI=1S/C16H18FN5O/c17-12-8-18-16(19-9-12)21-6-2-4-13(21)10-22-15(23)7-11-3-1-5-14(11)20-22/h7-9,13H,1-6,10H2. The summed E-state index contributed by atoms with van der Waals surface area (Å²) < 4.78 is 14.6. The van der Waals surface area contributed by atoms with E-state index in [9.17, 15) is 9.18 Å². The van der Waals surface area contributed by atoms with Gasteiger partial charge in [0.15, 0.2) is 5.82 Å². The van der Waals surface area contributed by atoms with Crippen molar-refractivity contribution in [3.8, 4) is 0 Å². The molecule has 1 atom stereocenters. The maximum atomic E-state index is 13.0. The van der Waals surface area contributed by atoms with Crippen LogP contribution in [0.3, 0.4) is 0 Å². The summed E-state index contributed by atoms with van der Waals surface area (Å²) in [6.45, 7) is 1.34. The summed E-state index contributed by atoms with van der Waals surface area (Å²) >= 11 is 0. The SMILES string of the molecule is O=c1cc2c(nn1CC1CCCN1c1ncc(F)cn1)CCC2. The first-order valence-corrected chi connectivity index (χ1v) is 8.05. The first kappa shape index (κ1) is 14.3. The Bertz CT molecular complexity index is 773. The zero-order valence-corrected chi connectivity index (χ0v) is 12.8. The maximum absolute atomic E-state index is 13.0. The molecule has 120 valence electrons. The van der Waals surface area contributed by atoms with E-state index in [1.54, 1.807) is 10.7 Å². The lowest BCUT2D eigenvalue weighted by Gasteiger charge is -2.24. The lowest BCUT2D eigenvalue weighted by molar-refractivity contribution is 0.479. The average molecular weight is 315 g/mol. The minimum absolute atomic E-state index is 0.0440. The highest BCUT2D eigenvalue weighted by Gasteiger charge is 2.28. The Morgan fingerprint density at radius 3 is 2.87 bits per heavy atom. The summed E-state index contributed by atoms with van der Waals surface area (Å²) in [6, 6.07) is 1.84. The average Bonchev–Trinajstić information content (AvgIpc) is 3.17. The Kier molecular flexibility index (Phi) is 3.55. The van der Waals surface area contributed by atoms with Gasteiger partial charge in [-0.15, -0.1) is 0 Å². The Morgan fingerprint density at radius 1 is 1.22 bits per heavy atom. The Balaban J connectivity index is 1.58. The molecule has 0 aromatic carbocycles. The molecule has 0 radical (unpaired) electrons. The van der Waals surface area contributed by atoms with Crippen molar-refractivity contribution in [2.24, 2.45) is 0 Å². The first-order chi connectivity index (χ1) is 11.2. The van der Waals surface area contributed by atoms with Crippen molar-refractivity contribution >= 4 is 5.95 Å². The molecular formula is C16H18FN5O. The summed E-state index contributed by atoms with van der Waals surface area (Å²) in [7, 11) is 0.